The molecule has 0 bridgehead atoms. The lowest BCUT2D eigenvalue weighted by atomic mass is 9.78. The molecule has 5 heteroatoms. The summed E-state index contributed by atoms with van der Waals surface area (Å²) in [7, 11) is 1.77. The van der Waals surface area contributed by atoms with Crippen molar-refractivity contribution in [2.45, 2.75) is 44.4 Å². The zero-order valence-corrected chi connectivity index (χ0v) is 14.3. The molecule has 24 heavy (non-hydrogen) atoms. The maximum atomic E-state index is 14.3. The molecule has 128 valence electrons. The quantitative estimate of drug-likeness (QED) is 0.914. The van der Waals surface area contributed by atoms with Gasteiger partial charge in [0.15, 0.2) is 0 Å². The standard InChI is InChI=1S/C19H24FN3O/c1-3-14-12-17(23(2)22-14)18(24)21-13-19(10-6-7-11-19)15-8-4-5-9-16(15)20/h4-5,8-9,12H,3,6-7,10-11,13H2,1-2H3,(H,21,24). The van der Waals surface area contributed by atoms with Crippen molar-refractivity contribution < 1.29 is 9.18 Å². The van der Waals surface area contributed by atoms with E-state index in [1.54, 1.807) is 17.8 Å². The van der Waals surface area contributed by atoms with Crippen LogP contribution < -0.4 is 5.32 Å². The number of nitrogens with zero attached hydrogens (tertiary/aromatic N) is 2. The third-order valence-electron chi connectivity index (χ3n) is 5.12. The summed E-state index contributed by atoms with van der Waals surface area (Å²) in [4.78, 5) is 12.5. The summed E-state index contributed by atoms with van der Waals surface area (Å²) < 4.78 is 15.9. The number of nitrogens with one attached hydrogen (secondary N) is 1. The summed E-state index contributed by atoms with van der Waals surface area (Å²) in [5.41, 5.74) is 1.87. The molecule has 0 unspecified atom stereocenters. The predicted octanol–water partition coefficient (Wildman–Crippen LogP) is 3.36. The van der Waals surface area contributed by atoms with E-state index < -0.39 is 0 Å². The van der Waals surface area contributed by atoms with Crippen LogP contribution in [0.2, 0.25) is 0 Å². The van der Waals surface area contributed by atoms with Crippen molar-refractivity contribution in [2.75, 3.05) is 6.54 Å². The van der Waals surface area contributed by atoms with Crippen LogP contribution in [0.25, 0.3) is 0 Å². The minimum atomic E-state index is -0.298. The Hall–Kier alpha value is -2.17. The lowest BCUT2D eigenvalue weighted by molar-refractivity contribution is 0.0933. The van der Waals surface area contributed by atoms with Crippen molar-refractivity contribution in [3.05, 3.63) is 53.1 Å². The van der Waals surface area contributed by atoms with Gasteiger partial charge in [-0.1, -0.05) is 38.0 Å². The van der Waals surface area contributed by atoms with Gasteiger partial charge in [-0.2, -0.15) is 5.10 Å². The van der Waals surface area contributed by atoms with Crippen LogP contribution in [0, 0.1) is 5.82 Å². The minimum Gasteiger partial charge on any atom is -0.350 e. The third-order valence-corrected chi connectivity index (χ3v) is 5.12. The van der Waals surface area contributed by atoms with Gasteiger partial charge in [0.1, 0.15) is 11.5 Å². The van der Waals surface area contributed by atoms with E-state index in [9.17, 15) is 9.18 Å². The summed E-state index contributed by atoms with van der Waals surface area (Å²) in [5, 5.41) is 7.33. The van der Waals surface area contributed by atoms with Gasteiger partial charge in [-0.15, -0.1) is 0 Å². The average molecular weight is 329 g/mol. The summed E-state index contributed by atoms with van der Waals surface area (Å²) >= 11 is 0. The maximum Gasteiger partial charge on any atom is 0.269 e. The van der Waals surface area contributed by atoms with Crippen molar-refractivity contribution in [1.82, 2.24) is 15.1 Å². The van der Waals surface area contributed by atoms with E-state index in [0.29, 0.717) is 12.2 Å². The first-order chi connectivity index (χ1) is 11.6. The van der Waals surface area contributed by atoms with E-state index in [1.807, 2.05) is 25.1 Å². The van der Waals surface area contributed by atoms with Crippen LogP contribution >= 0.6 is 0 Å². The van der Waals surface area contributed by atoms with Crippen molar-refractivity contribution in [2.24, 2.45) is 7.05 Å². The number of rotatable bonds is 5. The first kappa shape index (κ1) is 16.7. The Morgan fingerprint density at radius 1 is 1.33 bits per heavy atom. The fraction of sp³-hybridized carbons (Fsp3) is 0.474. The Kier molecular flexibility index (Phi) is 4.69. The summed E-state index contributed by atoms with van der Waals surface area (Å²) in [6, 6.07) is 8.76. The Labute approximate surface area is 142 Å². The molecule has 1 amide bonds. The summed E-state index contributed by atoms with van der Waals surface area (Å²) in [6.07, 6.45) is 4.73. The molecule has 1 fully saturated rings. The highest BCUT2D eigenvalue weighted by Gasteiger charge is 2.38. The van der Waals surface area contributed by atoms with Crippen molar-refractivity contribution in [3.8, 4) is 0 Å². The summed E-state index contributed by atoms with van der Waals surface area (Å²) in [6.45, 7) is 2.47. The van der Waals surface area contributed by atoms with Crippen molar-refractivity contribution in [3.63, 3.8) is 0 Å². The highest BCUT2D eigenvalue weighted by molar-refractivity contribution is 5.92. The lowest BCUT2D eigenvalue weighted by Gasteiger charge is -2.30. The van der Waals surface area contributed by atoms with Crippen LogP contribution in [0.5, 0.6) is 0 Å². The van der Waals surface area contributed by atoms with Crippen LogP contribution in [0.15, 0.2) is 30.3 Å². The number of aromatic nitrogens is 2. The highest BCUT2D eigenvalue weighted by Crippen LogP contribution is 2.41. The minimum absolute atomic E-state index is 0.146. The number of carbonyl (C=O) groups is 1. The third kappa shape index (κ3) is 3.07. The second-order valence-electron chi connectivity index (χ2n) is 6.65. The maximum absolute atomic E-state index is 14.3. The molecule has 1 saturated carbocycles. The topological polar surface area (TPSA) is 46.9 Å². The van der Waals surface area contributed by atoms with Crippen LogP contribution in [-0.4, -0.2) is 22.2 Å². The van der Waals surface area contributed by atoms with Gasteiger partial charge >= 0.3 is 0 Å². The molecule has 0 aliphatic heterocycles. The van der Waals surface area contributed by atoms with Gasteiger partial charge < -0.3 is 5.32 Å². The van der Waals surface area contributed by atoms with Crippen LogP contribution in [-0.2, 0) is 18.9 Å². The molecule has 0 spiro atoms. The molecule has 1 aliphatic carbocycles. The fourth-order valence-corrected chi connectivity index (χ4v) is 3.74. The SMILES string of the molecule is CCc1cc(C(=O)NCC2(c3ccccc3F)CCCC2)n(C)n1. The van der Waals surface area contributed by atoms with E-state index in [4.69, 9.17) is 0 Å². The number of benzene rings is 1. The van der Waals surface area contributed by atoms with Gasteiger partial charge in [0, 0.05) is 19.0 Å². The lowest BCUT2D eigenvalue weighted by Crippen LogP contribution is -2.40. The van der Waals surface area contributed by atoms with Crippen molar-refractivity contribution >= 4 is 5.91 Å². The number of hydrogen-bond donors (Lipinski definition) is 1. The smallest absolute Gasteiger partial charge is 0.269 e. The molecule has 3 rings (SSSR count). The summed E-state index contributed by atoms with van der Waals surface area (Å²) in [5.74, 6) is -0.324. The molecule has 1 N–H and O–H groups in total. The number of amides is 1. The molecule has 1 aromatic heterocycles. The highest BCUT2D eigenvalue weighted by atomic mass is 19.1. The fourth-order valence-electron chi connectivity index (χ4n) is 3.74. The van der Waals surface area contributed by atoms with E-state index in [0.717, 1.165) is 43.4 Å². The van der Waals surface area contributed by atoms with E-state index >= 15 is 0 Å². The van der Waals surface area contributed by atoms with Crippen LogP contribution in [0.4, 0.5) is 4.39 Å². The van der Waals surface area contributed by atoms with E-state index in [1.165, 1.54) is 6.07 Å². The molecule has 0 atom stereocenters. The Bertz CT molecular complexity index is 732. The van der Waals surface area contributed by atoms with Crippen LogP contribution in [0.1, 0.15) is 54.4 Å². The Morgan fingerprint density at radius 2 is 2.04 bits per heavy atom. The first-order valence-corrected chi connectivity index (χ1v) is 8.62. The zero-order valence-electron chi connectivity index (χ0n) is 14.3. The van der Waals surface area contributed by atoms with Gasteiger partial charge in [-0.25, -0.2) is 4.39 Å². The Morgan fingerprint density at radius 3 is 2.67 bits per heavy atom. The van der Waals surface area contributed by atoms with Crippen LogP contribution in [0.3, 0.4) is 0 Å². The molecule has 2 aromatic rings. The number of halogens is 1. The van der Waals surface area contributed by atoms with Gasteiger partial charge in [-0.05, 0) is 37.0 Å². The molecular weight excluding hydrogens is 305 g/mol. The molecular formula is C19H24FN3O. The number of hydrogen-bond acceptors (Lipinski definition) is 2. The van der Waals surface area contributed by atoms with Crippen molar-refractivity contribution in [1.29, 1.82) is 0 Å². The average Bonchev–Trinajstić information content (AvgIpc) is 3.20. The second kappa shape index (κ2) is 6.75. The monoisotopic (exact) mass is 329 g/mol. The predicted molar refractivity (Wildman–Crippen MR) is 91.5 cm³/mol. The molecule has 1 heterocycles. The molecule has 1 aromatic carbocycles. The van der Waals surface area contributed by atoms with E-state index in [-0.39, 0.29) is 17.1 Å². The van der Waals surface area contributed by atoms with Gasteiger partial charge in [0.05, 0.1) is 5.69 Å². The van der Waals surface area contributed by atoms with Gasteiger partial charge in [-0.3, -0.25) is 9.48 Å². The molecule has 0 radical (unpaired) electrons. The largest absolute Gasteiger partial charge is 0.350 e. The first-order valence-electron chi connectivity index (χ1n) is 8.62. The Balaban J connectivity index is 1.79. The van der Waals surface area contributed by atoms with Gasteiger partial charge in [0.2, 0.25) is 0 Å². The number of carbonyl (C=O) groups excluding carboxylic acids is 1. The molecule has 1 aliphatic rings. The zero-order chi connectivity index (χ0) is 17.2. The second-order valence-corrected chi connectivity index (χ2v) is 6.65. The number of aryl methyl sites for hydroxylation is 2. The normalized spacial score (nSPS) is 16.3. The molecule has 0 saturated heterocycles. The molecule has 4 nitrogen and oxygen atoms in total. The van der Waals surface area contributed by atoms with E-state index in [2.05, 4.69) is 10.4 Å². The van der Waals surface area contributed by atoms with Gasteiger partial charge in [0.25, 0.3) is 5.91 Å².